The average Bonchev–Trinajstić information content (AvgIpc) is 3.22. The van der Waals surface area contributed by atoms with Crippen molar-refractivity contribution in [3.8, 4) is 0 Å². The van der Waals surface area contributed by atoms with E-state index in [0.29, 0.717) is 30.3 Å². The van der Waals surface area contributed by atoms with Crippen LogP contribution in [0.15, 0.2) is 30.4 Å². The molecule has 3 amide bonds. The number of nitrogens with one attached hydrogen (secondary N) is 2. The lowest BCUT2D eigenvalue weighted by Gasteiger charge is -2.30. The van der Waals surface area contributed by atoms with Crippen molar-refractivity contribution in [2.24, 2.45) is 5.92 Å². The van der Waals surface area contributed by atoms with Gasteiger partial charge in [0.15, 0.2) is 0 Å². The number of fused-ring (bicyclic) bond motifs is 3. The Hall–Kier alpha value is -3.96. The van der Waals surface area contributed by atoms with E-state index in [9.17, 15) is 24.3 Å². The van der Waals surface area contributed by atoms with Crippen LogP contribution in [0, 0.1) is 12.8 Å². The van der Waals surface area contributed by atoms with Crippen LogP contribution in [0.25, 0.3) is 11.0 Å². The number of rotatable bonds is 3. The van der Waals surface area contributed by atoms with Gasteiger partial charge in [0.2, 0.25) is 11.8 Å². The summed E-state index contributed by atoms with van der Waals surface area (Å²) in [4.78, 5) is 55.9. The molecule has 0 unspecified atom stereocenters. The predicted molar refractivity (Wildman–Crippen MR) is 153 cm³/mol. The smallest absolute Gasteiger partial charge is 0.408 e. The summed E-state index contributed by atoms with van der Waals surface area (Å²) in [5.74, 6) is -2.36. The Balaban J connectivity index is 1.46. The van der Waals surface area contributed by atoms with E-state index in [-0.39, 0.29) is 18.9 Å². The van der Waals surface area contributed by atoms with Crippen LogP contribution in [0.2, 0.25) is 0 Å². The van der Waals surface area contributed by atoms with Gasteiger partial charge in [0.25, 0.3) is 0 Å². The number of aryl methyl sites for hydroxylation is 1. The van der Waals surface area contributed by atoms with Crippen LogP contribution in [0.5, 0.6) is 0 Å². The highest BCUT2D eigenvalue weighted by atomic mass is 16.6. The molecule has 3 heterocycles. The lowest BCUT2D eigenvalue weighted by atomic mass is 10.0. The van der Waals surface area contributed by atoms with Crippen molar-refractivity contribution in [3.05, 3.63) is 35.9 Å². The van der Waals surface area contributed by atoms with Crippen LogP contribution in [0.4, 0.5) is 4.79 Å². The van der Waals surface area contributed by atoms with E-state index in [1.165, 1.54) is 4.90 Å². The first-order valence-corrected chi connectivity index (χ1v) is 14.7. The van der Waals surface area contributed by atoms with E-state index < -0.39 is 53.1 Å². The van der Waals surface area contributed by atoms with Gasteiger partial charge in [-0.3, -0.25) is 9.59 Å². The number of amides is 3. The maximum absolute atomic E-state index is 14.1. The summed E-state index contributed by atoms with van der Waals surface area (Å²) in [5, 5.41) is 24.8. The van der Waals surface area contributed by atoms with Crippen LogP contribution >= 0.6 is 0 Å². The Labute approximate surface area is 244 Å². The standard InChI is InChI=1S/C30H40N6O6/c1-18-12-13-21-23(14-18)34-36(33-21)20-15-24-25(37)32-30(27(39)40)16-19(30)10-8-6-5-7-9-11-22(26(38)35(24)17-20)31-28(41)42-29(2,3)4/h8,10,12-14,19-20,22,24H,5-7,9,11,15-17H2,1-4H3,(H,31,41)(H,32,37)(H,39,40)/b10-8-/t19-,20+,22+,24+,30-/m1/s1. The molecule has 12 nitrogen and oxygen atoms in total. The molecule has 0 bridgehead atoms. The third-order valence-electron chi connectivity index (χ3n) is 8.21. The van der Waals surface area contributed by atoms with Crippen LogP contribution in [0.1, 0.15) is 77.3 Å². The first-order chi connectivity index (χ1) is 19.9. The molecule has 1 aliphatic carbocycles. The summed E-state index contributed by atoms with van der Waals surface area (Å²) in [6, 6.07) is 3.43. The van der Waals surface area contributed by atoms with Gasteiger partial charge in [-0.15, -0.1) is 0 Å². The second-order valence-electron chi connectivity index (χ2n) is 12.7. The molecule has 2 fully saturated rings. The van der Waals surface area contributed by atoms with Crippen molar-refractivity contribution >= 4 is 34.9 Å². The molecule has 3 aliphatic rings. The molecule has 1 aromatic heterocycles. The van der Waals surface area contributed by atoms with Gasteiger partial charge in [0.05, 0.1) is 6.04 Å². The third kappa shape index (κ3) is 6.27. The van der Waals surface area contributed by atoms with E-state index in [0.717, 1.165) is 24.8 Å². The lowest BCUT2D eigenvalue weighted by Crippen LogP contribution is -2.56. The molecule has 0 spiro atoms. The first kappa shape index (κ1) is 29.5. The van der Waals surface area contributed by atoms with Gasteiger partial charge in [0.1, 0.15) is 34.3 Å². The van der Waals surface area contributed by atoms with Crippen LogP contribution in [-0.4, -0.2) is 78.6 Å². The summed E-state index contributed by atoms with van der Waals surface area (Å²) < 4.78 is 5.44. The molecule has 1 saturated heterocycles. The zero-order valence-electron chi connectivity index (χ0n) is 24.6. The van der Waals surface area contributed by atoms with Gasteiger partial charge >= 0.3 is 12.1 Å². The fourth-order valence-corrected chi connectivity index (χ4v) is 5.90. The summed E-state index contributed by atoms with van der Waals surface area (Å²) in [5.41, 5.74) is 0.287. The minimum Gasteiger partial charge on any atom is -0.479 e. The molecular formula is C30H40N6O6. The molecule has 0 radical (unpaired) electrons. The van der Waals surface area contributed by atoms with Gasteiger partial charge in [-0.2, -0.15) is 15.0 Å². The Kier molecular flexibility index (Phi) is 8.00. The van der Waals surface area contributed by atoms with Crippen LogP contribution < -0.4 is 10.6 Å². The Morgan fingerprint density at radius 1 is 1.14 bits per heavy atom. The Morgan fingerprint density at radius 3 is 2.64 bits per heavy atom. The van der Waals surface area contributed by atoms with Crippen molar-refractivity contribution in [3.63, 3.8) is 0 Å². The van der Waals surface area contributed by atoms with E-state index in [1.807, 2.05) is 37.3 Å². The van der Waals surface area contributed by atoms with Crippen LogP contribution in [-0.2, 0) is 19.1 Å². The zero-order valence-corrected chi connectivity index (χ0v) is 24.6. The highest BCUT2D eigenvalue weighted by molar-refractivity contribution is 5.96. The maximum atomic E-state index is 14.1. The minimum atomic E-state index is -1.40. The number of nitrogens with zero attached hydrogens (tertiary/aromatic N) is 4. The number of carboxylic acids is 1. The van der Waals surface area contributed by atoms with Gasteiger partial charge < -0.3 is 25.4 Å². The molecule has 12 heteroatoms. The molecule has 1 saturated carbocycles. The molecule has 2 aliphatic heterocycles. The summed E-state index contributed by atoms with van der Waals surface area (Å²) in [7, 11) is 0. The molecule has 42 heavy (non-hydrogen) atoms. The zero-order chi connectivity index (χ0) is 30.2. The second kappa shape index (κ2) is 11.4. The quantitative estimate of drug-likeness (QED) is 0.467. The van der Waals surface area contributed by atoms with Crippen molar-refractivity contribution in [1.82, 2.24) is 30.5 Å². The number of carboxylic acid groups (broad SMARTS) is 1. The molecule has 1 aromatic carbocycles. The molecule has 5 atom stereocenters. The number of carbonyl (C=O) groups is 4. The van der Waals surface area contributed by atoms with E-state index in [4.69, 9.17) is 4.74 Å². The van der Waals surface area contributed by atoms with E-state index in [1.54, 1.807) is 25.6 Å². The normalized spacial score (nSPS) is 29.5. The monoisotopic (exact) mass is 580 g/mol. The van der Waals surface area contributed by atoms with E-state index in [2.05, 4.69) is 20.8 Å². The number of aliphatic carboxylic acids is 1. The number of aromatic nitrogens is 3. The molecule has 5 rings (SSSR count). The van der Waals surface area contributed by atoms with Gasteiger partial charge in [0, 0.05) is 18.9 Å². The summed E-state index contributed by atoms with van der Waals surface area (Å²) in [6.45, 7) is 7.33. The minimum absolute atomic E-state index is 0.132. The Bertz CT molecular complexity index is 1410. The Morgan fingerprint density at radius 2 is 1.90 bits per heavy atom. The topological polar surface area (TPSA) is 156 Å². The number of hydrogen-bond acceptors (Lipinski definition) is 7. The predicted octanol–water partition coefficient (Wildman–Crippen LogP) is 3.25. The number of benzene rings is 1. The van der Waals surface area contributed by atoms with Crippen molar-refractivity contribution < 1.29 is 29.0 Å². The maximum Gasteiger partial charge on any atom is 0.408 e. The fourth-order valence-electron chi connectivity index (χ4n) is 5.90. The average molecular weight is 581 g/mol. The molecule has 226 valence electrons. The first-order valence-electron chi connectivity index (χ1n) is 14.7. The molecule has 3 N–H and O–H groups in total. The summed E-state index contributed by atoms with van der Waals surface area (Å²) >= 11 is 0. The van der Waals surface area contributed by atoms with Crippen molar-refractivity contribution in [1.29, 1.82) is 0 Å². The van der Waals surface area contributed by atoms with Crippen molar-refractivity contribution in [2.45, 2.75) is 102 Å². The number of allylic oxidation sites excluding steroid dienone is 1. The highest BCUT2D eigenvalue weighted by Crippen LogP contribution is 2.45. The second-order valence-corrected chi connectivity index (χ2v) is 12.7. The third-order valence-corrected chi connectivity index (χ3v) is 8.21. The number of hydrogen-bond donors (Lipinski definition) is 3. The van der Waals surface area contributed by atoms with Gasteiger partial charge in [-0.25, -0.2) is 9.59 Å². The lowest BCUT2D eigenvalue weighted by molar-refractivity contribution is -0.145. The van der Waals surface area contributed by atoms with Gasteiger partial charge in [-0.1, -0.05) is 31.1 Å². The SMILES string of the molecule is Cc1ccc2nn([C@H]3C[C@H]4C(=O)N[C@]5(C(=O)O)C[C@H]5/C=C\CCCCC[C@H](NC(=O)OC(C)(C)C)C(=O)N4C3)nc2c1. The largest absolute Gasteiger partial charge is 0.479 e. The van der Waals surface area contributed by atoms with Gasteiger partial charge in [-0.05, 0) is 71.1 Å². The van der Waals surface area contributed by atoms with Crippen molar-refractivity contribution in [2.75, 3.05) is 6.54 Å². The number of ether oxygens (including phenoxy) is 1. The summed E-state index contributed by atoms with van der Waals surface area (Å²) in [6.07, 6.45) is 7.14. The van der Waals surface area contributed by atoms with E-state index >= 15 is 0 Å². The number of carbonyl (C=O) groups excluding carboxylic acids is 3. The highest BCUT2D eigenvalue weighted by Gasteiger charge is 2.61. The molecule has 2 aromatic rings. The molecular weight excluding hydrogens is 540 g/mol. The number of alkyl carbamates (subject to hydrolysis) is 1. The van der Waals surface area contributed by atoms with Crippen LogP contribution in [0.3, 0.4) is 0 Å². The fraction of sp³-hybridized carbons (Fsp3) is 0.600.